The molecule has 2 heterocycles. The summed E-state index contributed by atoms with van der Waals surface area (Å²) in [5.74, 6) is -2.27. The van der Waals surface area contributed by atoms with Gasteiger partial charge < -0.3 is 10.1 Å². The third kappa shape index (κ3) is 3.26. The van der Waals surface area contributed by atoms with Crippen molar-refractivity contribution in [2.45, 2.75) is 12.7 Å². The van der Waals surface area contributed by atoms with Crippen LogP contribution in [0.1, 0.15) is 22.8 Å². The molecule has 1 atom stereocenters. The molecule has 0 bridgehead atoms. The van der Waals surface area contributed by atoms with Crippen LogP contribution in [0.25, 0.3) is 0 Å². The summed E-state index contributed by atoms with van der Waals surface area (Å²) in [5.41, 5.74) is 2.48. The van der Waals surface area contributed by atoms with E-state index in [1.807, 2.05) is 54.6 Å². The number of nitrogens with zero attached hydrogens (tertiary/aromatic N) is 4. The summed E-state index contributed by atoms with van der Waals surface area (Å²) < 4.78 is 5.34. The van der Waals surface area contributed by atoms with Gasteiger partial charge in [0.25, 0.3) is 17.5 Å². The van der Waals surface area contributed by atoms with Gasteiger partial charge in [0.15, 0.2) is 0 Å². The number of amidine groups is 1. The first kappa shape index (κ1) is 21.8. The first-order valence-corrected chi connectivity index (χ1v) is 11.2. The highest BCUT2D eigenvalue weighted by Gasteiger charge is 2.58. The lowest BCUT2D eigenvalue weighted by atomic mass is 10.0. The zero-order valence-electron chi connectivity index (χ0n) is 18.6. The fourth-order valence-electron chi connectivity index (χ4n) is 4.29. The molecule has 5 rings (SSSR count). The molecule has 0 aromatic heterocycles. The SMILES string of the molecule is CCOC(=O)C1=NN(c2ccc(Cl)cc2)C2(c3ccccc3)Nc3ccccc3C(=O)N(C)N12. The molecule has 1 unspecified atom stereocenters. The number of hydrazine groups is 1. The van der Waals surface area contributed by atoms with Gasteiger partial charge in [-0.1, -0.05) is 54.1 Å². The molecular weight excluding hydrogens is 454 g/mol. The summed E-state index contributed by atoms with van der Waals surface area (Å²) in [7, 11) is 1.61. The molecule has 3 aromatic rings. The summed E-state index contributed by atoms with van der Waals surface area (Å²) in [6.45, 7) is 1.89. The highest BCUT2D eigenvalue weighted by Crippen LogP contribution is 2.45. The fourth-order valence-corrected chi connectivity index (χ4v) is 4.41. The van der Waals surface area contributed by atoms with Crippen LogP contribution in [0.5, 0.6) is 0 Å². The van der Waals surface area contributed by atoms with Gasteiger partial charge in [0, 0.05) is 17.6 Å². The average molecular weight is 476 g/mol. The van der Waals surface area contributed by atoms with E-state index in [2.05, 4.69) is 5.32 Å². The number of ether oxygens (including phenoxy) is 1. The van der Waals surface area contributed by atoms with E-state index in [4.69, 9.17) is 21.4 Å². The van der Waals surface area contributed by atoms with Gasteiger partial charge in [0.2, 0.25) is 0 Å². The third-order valence-corrected chi connectivity index (χ3v) is 6.03. The molecule has 0 radical (unpaired) electrons. The van der Waals surface area contributed by atoms with Crippen LogP contribution in [0.2, 0.25) is 5.02 Å². The number of amides is 1. The molecular formula is C25H22ClN5O3. The molecule has 9 heteroatoms. The van der Waals surface area contributed by atoms with Crippen LogP contribution in [0.3, 0.4) is 0 Å². The average Bonchev–Trinajstić information content (AvgIpc) is 3.16. The number of rotatable bonds is 4. The zero-order valence-corrected chi connectivity index (χ0v) is 19.4. The van der Waals surface area contributed by atoms with Crippen LogP contribution in [0.15, 0.2) is 84.0 Å². The van der Waals surface area contributed by atoms with E-state index in [-0.39, 0.29) is 18.3 Å². The van der Waals surface area contributed by atoms with Gasteiger partial charge in [-0.25, -0.2) is 19.8 Å². The minimum Gasteiger partial charge on any atom is -0.460 e. The minimum atomic E-state index is -1.30. The van der Waals surface area contributed by atoms with Crippen molar-refractivity contribution in [1.29, 1.82) is 0 Å². The third-order valence-electron chi connectivity index (χ3n) is 5.77. The number of halogens is 1. The van der Waals surface area contributed by atoms with Crippen molar-refractivity contribution < 1.29 is 14.3 Å². The van der Waals surface area contributed by atoms with Gasteiger partial charge in [-0.2, -0.15) is 0 Å². The van der Waals surface area contributed by atoms with Crippen molar-refractivity contribution in [1.82, 2.24) is 10.0 Å². The lowest BCUT2D eigenvalue weighted by molar-refractivity contribution is -0.137. The van der Waals surface area contributed by atoms with Crippen LogP contribution in [0, 0.1) is 0 Å². The van der Waals surface area contributed by atoms with Crippen molar-refractivity contribution in [3.63, 3.8) is 0 Å². The van der Waals surface area contributed by atoms with E-state index in [1.165, 1.54) is 5.01 Å². The van der Waals surface area contributed by atoms with Crippen molar-refractivity contribution >= 4 is 40.7 Å². The molecule has 0 aliphatic carbocycles. The highest BCUT2D eigenvalue weighted by molar-refractivity contribution is 6.36. The number of carbonyl (C=O) groups excluding carboxylic acids is 2. The second-order valence-corrected chi connectivity index (χ2v) is 8.22. The molecule has 172 valence electrons. The van der Waals surface area contributed by atoms with Gasteiger partial charge in [0.1, 0.15) is 0 Å². The van der Waals surface area contributed by atoms with Gasteiger partial charge in [-0.15, -0.1) is 5.10 Å². The lowest BCUT2D eigenvalue weighted by Gasteiger charge is -2.46. The molecule has 2 aliphatic heterocycles. The molecule has 3 aromatic carbocycles. The van der Waals surface area contributed by atoms with Gasteiger partial charge >= 0.3 is 5.97 Å². The first-order chi connectivity index (χ1) is 16.5. The Hall–Kier alpha value is -4.04. The second kappa shape index (κ2) is 8.39. The predicted molar refractivity (Wildman–Crippen MR) is 130 cm³/mol. The molecule has 0 saturated heterocycles. The summed E-state index contributed by atoms with van der Waals surface area (Å²) in [5, 5.41) is 13.4. The van der Waals surface area contributed by atoms with E-state index in [0.29, 0.717) is 22.0 Å². The highest BCUT2D eigenvalue weighted by atomic mass is 35.5. The van der Waals surface area contributed by atoms with Gasteiger partial charge in [-0.3, -0.25) is 4.79 Å². The van der Waals surface area contributed by atoms with Crippen molar-refractivity contribution in [3.05, 3.63) is 95.0 Å². The lowest BCUT2D eigenvalue weighted by Crippen LogP contribution is -2.63. The Kier molecular flexibility index (Phi) is 5.37. The van der Waals surface area contributed by atoms with Gasteiger partial charge in [0.05, 0.1) is 23.5 Å². The number of benzene rings is 3. The van der Waals surface area contributed by atoms with Crippen LogP contribution in [-0.2, 0) is 15.3 Å². The van der Waals surface area contributed by atoms with E-state index < -0.39 is 11.8 Å². The van der Waals surface area contributed by atoms with E-state index >= 15 is 0 Å². The number of fused-ring (bicyclic) bond motifs is 2. The summed E-state index contributed by atoms with van der Waals surface area (Å²) >= 11 is 6.16. The van der Waals surface area contributed by atoms with E-state index in [9.17, 15) is 9.59 Å². The Balaban J connectivity index is 1.82. The predicted octanol–water partition coefficient (Wildman–Crippen LogP) is 4.26. The van der Waals surface area contributed by atoms with Crippen molar-refractivity contribution in [2.75, 3.05) is 24.0 Å². The maximum atomic E-state index is 13.6. The van der Waals surface area contributed by atoms with Crippen molar-refractivity contribution in [3.8, 4) is 0 Å². The normalized spacial score (nSPS) is 19.1. The smallest absolute Gasteiger partial charge is 0.377 e. The number of hydrogen-bond donors (Lipinski definition) is 1. The zero-order chi connectivity index (χ0) is 23.9. The van der Waals surface area contributed by atoms with Crippen molar-refractivity contribution in [2.24, 2.45) is 5.10 Å². The number of carbonyl (C=O) groups is 2. The number of hydrazone groups is 1. The van der Waals surface area contributed by atoms with Crippen LogP contribution < -0.4 is 10.3 Å². The monoisotopic (exact) mass is 475 g/mol. The standard InChI is InChI=1S/C25H22ClN5O3/c1-3-34-24(33)22-28-30(19-15-13-18(26)14-16-19)25(17-9-5-4-6-10-17)27-21-12-8-7-11-20(21)23(32)29(2)31(22)25/h4-16,27H,3H2,1-2H3. The maximum absolute atomic E-state index is 13.6. The van der Waals surface area contributed by atoms with E-state index in [1.54, 1.807) is 48.3 Å². The maximum Gasteiger partial charge on any atom is 0.377 e. The molecule has 0 saturated carbocycles. The number of hydrogen-bond acceptors (Lipinski definition) is 7. The number of nitrogens with one attached hydrogen (secondary N) is 1. The topological polar surface area (TPSA) is 77.5 Å². The largest absolute Gasteiger partial charge is 0.460 e. The summed E-state index contributed by atoms with van der Waals surface area (Å²) in [6.07, 6.45) is 0. The Labute approximate surface area is 201 Å². The summed E-state index contributed by atoms with van der Waals surface area (Å²) in [6, 6.07) is 23.9. The molecule has 1 N–H and O–H groups in total. The first-order valence-electron chi connectivity index (χ1n) is 10.8. The van der Waals surface area contributed by atoms with Gasteiger partial charge in [-0.05, 0) is 43.3 Å². The number of esters is 1. The molecule has 2 aliphatic rings. The number of anilines is 2. The fraction of sp³-hybridized carbons (Fsp3) is 0.160. The molecule has 34 heavy (non-hydrogen) atoms. The Morgan fingerprint density at radius 1 is 1.03 bits per heavy atom. The second-order valence-electron chi connectivity index (χ2n) is 7.78. The molecule has 0 fully saturated rings. The van der Waals surface area contributed by atoms with E-state index in [0.717, 1.165) is 5.56 Å². The minimum absolute atomic E-state index is 0.0307. The van der Waals surface area contributed by atoms with Crippen LogP contribution >= 0.6 is 11.6 Å². The van der Waals surface area contributed by atoms with Crippen LogP contribution in [-0.4, -0.2) is 41.4 Å². The Morgan fingerprint density at radius 3 is 2.41 bits per heavy atom. The summed E-state index contributed by atoms with van der Waals surface area (Å²) in [4.78, 5) is 26.7. The Bertz CT molecular complexity index is 1280. The molecule has 1 amide bonds. The Morgan fingerprint density at radius 2 is 1.71 bits per heavy atom. The quantitative estimate of drug-likeness (QED) is 0.568. The number of para-hydroxylation sites is 1. The molecule has 8 nitrogen and oxygen atoms in total. The molecule has 0 spiro atoms. The van der Waals surface area contributed by atoms with Crippen LogP contribution in [0.4, 0.5) is 11.4 Å².